The topological polar surface area (TPSA) is 17.1 Å². The van der Waals surface area contributed by atoms with E-state index in [1.165, 1.54) is 25.0 Å². The number of halogens is 2. The van der Waals surface area contributed by atoms with Gasteiger partial charge in [-0.05, 0) is 30.5 Å². The second kappa shape index (κ2) is 5.09. The van der Waals surface area contributed by atoms with E-state index < -0.39 is 0 Å². The smallest absolute Gasteiger partial charge is 0.140 e. The molecule has 0 unspecified atom stereocenters. The molecule has 0 spiro atoms. The molecule has 86 valence electrons. The molecule has 0 radical (unpaired) electrons. The summed E-state index contributed by atoms with van der Waals surface area (Å²) in [6.07, 6.45) is 4.81. The fourth-order valence-corrected chi connectivity index (χ4v) is 2.74. The maximum atomic E-state index is 12.9. The number of carbonyl (C=O) groups is 1. The second-order valence-corrected chi connectivity index (χ2v) is 5.21. The van der Waals surface area contributed by atoms with E-state index in [0.29, 0.717) is 16.7 Å². The molecule has 1 aliphatic carbocycles. The maximum Gasteiger partial charge on any atom is 0.140 e. The lowest BCUT2D eigenvalue weighted by atomic mass is 9.97. The van der Waals surface area contributed by atoms with Gasteiger partial charge in [-0.1, -0.05) is 34.8 Å². The van der Waals surface area contributed by atoms with Crippen LogP contribution in [-0.2, 0) is 11.2 Å². The molecule has 0 aromatic heterocycles. The Hall–Kier alpha value is -0.700. The quantitative estimate of drug-likeness (QED) is 0.823. The molecule has 1 fully saturated rings. The molecule has 1 nitrogen and oxygen atoms in total. The van der Waals surface area contributed by atoms with Gasteiger partial charge in [0.2, 0.25) is 0 Å². The van der Waals surface area contributed by atoms with E-state index in [0.717, 1.165) is 18.4 Å². The number of hydrogen-bond donors (Lipinski definition) is 0. The van der Waals surface area contributed by atoms with E-state index in [4.69, 9.17) is 0 Å². The molecule has 0 heterocycles. The predicted octanol–water partition coefficient (Wildman–Crippen LogP) is 3.89. The van der Waals surface area contributed by atoms with Gasteiger partial charge in [0.25, 0.3) is 0 Å². The number of ketones is 1. The molecular weight excluding hydrogens is 271 g/mol. The van der Waals surface area contributed by atoms with Gasteiger partial charge < -0.3 is 0 Å². The molecule has 0 aliphatic heterocycles. The fraction of sp³-hybridized carbons (Fsp3) is 0.462. The number of hydrogen-bond acceptors (Lipinski definition) is 1. The lowest BCUT2D eigenvalue weighted by molar-refractivity contribution is -0.122. The summed E-state index contributed by atoms with van der Waals surface area (Å²) in [4.78, 5) is 11.9. The first-order valence-electron chi connectivity index (χ1n) is 5.63. The van der Waals surface area contributed by atoms with Crippen molar-refractivity contribution in [3.05, 3.63) is 34.1 Å². The Bertz CT molecular complexity index is 397. The second-order valence-electron chi connectivity index (χ2n) is 4.36. The van der Waals surface area contributed by atoms with Gasteiger partial charge in [0.1, 0.15) is 11.6 Å². The van der Waals surface area contributed by atoms with Crippen molar-refractivity contribution in [2.45, 2.75) is 32.1 Å². The molecule has 0 atom stereocenters. The summed E-state index contributed by atoms with van der Waals surface area (Å²) in [5.74, 6) is 0.255. The van der Waals surface area contributed by atoms with Crippen molar-refractivity contribution >= 4 is 21.7 Å². The van der Waals surface area contributed by atoms with Crippen LogP contribution in [0.2, 0.25) is 0 Å². The van der Waals surface area contributed by atoms with Crippen LogP contribution in [0.4, 0.5) is 4.39 Å². The normalized spacial score (nSPS) is 16.6. The summed E-state index contributed by atoms with van der Waals surface area (Å²) in [6.45, 7) is 0. The fourth-order valence-electron chi connectivity index (χ4n) is 2.24. The Balaban J connectivity index is 2.05. The van der Waals surface area contributed by atoms with Crippen molar-refractivity contribution in [3.63, 3.8) is 0 Å². The zero-order valence-corrected chi connectivity index (χ0v) is 10.6. The van der Waals surface area contributed by atoms with E-state index in [1.807, 2.05) is 0 Å². The highest BCUT2D eigenvalue weighted by atomic mass is 79.9. The van der Waals surface area contributed by atoms with Crippen molar-refractivity contribution in [1.29, 1.82) is 0 Å². The van der Waals surface area contributed by atoms with E-state index in [-0.39, 0.29) is 11.7 Å². The van der Waals surface area contributed by atoms with E-state index >= 15 is 0 Å². The monoisotopic (exact) mass is 284 g/mol. The number of benzene rings is 1. The van der Waals surface area contributed by atoms with Crippen molar-refractivity contribution in [2.75, 3.05) is 0 Å². The van der Waals surface area contributed by atoms with Gasteiger partial charge in [0.05, 0.1) is 0 Å². The minimum atomic E-state index is -0.274. The van der Waals surface area contributed by atoms with Crippen LogP contribution in [0.25, 0.3) is 0 Å². The molecule has 1 aliphatic rings. The van der Waals surface area contributed by atoms with Crippen LogP contribution in [0, 0.1) is 11.7 Å². The highest BCUT2D eigenvalue weighted by molar-refractivity contribution is 9.10. The Kier molecular flexibility index (Phi) is 3.74. The van der Waals surface area contributed by atoms with Crippen LogP contribution >= 0.6 is 15.9 Å². The van der Waals surface area contributed by atoms with Crippen LogP contribution in [0.3, 0.4) is 0 Å². The van der Waals surface area contributed by atoms with Crippen LogP contribution in [0.5, 0.6) is 0 Å². The summed E-state index contributed by atoms with van der Waals surface area (Å²) in [7, 11) is 0. The largest absolute Gasteiger partial charge is 0.299 e. The van der Waals surface area contributed by atoms with Gasteiger partial charge in [-0.25, -0.2) is 4.39 Å². The van der Waals surface area contributed by atoms with Crippen LogP contribution < -0.4 is 0 Å². The summed E-state index contributed by atoms with van der Waals surface area (Å²) in [5.41, 5.74) is 0.887. The average Bonchev–Trinajstić information content (AvgIpc) is 2.75. The highest BCUT2D eigenvalue weighted by Gasteiger charge is 2.22. The molecular formula is C13H14BrFO. The molecule has 1 aromatic rings. The Morgan fingerprint density at radius 3 is 2.69 bits per heavy atom. The first kappa shape index (κ1) is 11.8. The Labute approximate surface area is 103 Å². The molecule has 16 heavy (non-hydrogen) atoms. The van der Waals surface area contributed by atoms with Gasteiger partial charge in [-0.2, -0.15) is 0 Å². The third-order valence-electron chi connectivity index (χ3n) is 3.19. The molecule has 0 saturated heterocycles. The summed E-state index contributed by atoms with van der Waals surface area (Å²) >= 11 is 3.29. The summed E-state index contributed by atoms with van der Waals surface area (Å²) in [6, 6.07) is 4.51. The Morgan fingerprint density at radius 1 is 1.38 bits per heavy atom. The van der Waals surface area contributed by atoms with Gasteiger partial charge in [-0.3, -0.25) is 4.79 Å². The summed E-state index contributed by atoms with van der Waals surface area (Å²) in [5, 5.41) is 0. The molecule has 1 aromatic carbocycles. The van der Waals surface area contributed by atoms with Crippen molar-refractivity contribution in [2.24, 2.45) is 5.92 Å². The zero-order valence-electron chi connectivity index (χ0n) is 9.01. The van der Waals surface area contributed by atoms with Gasteiger partial charge in [-0.15, -0.1) is 0 Å². The summed E-state index contributed by atoms with van der Waals surface area (Å²) < 4.78 is 13.6. The lowest BCUT2D eigenvalue weighted by Gasteiger charge is -2.09. The Morgan fingerprint density at radius 2 is 2.06 bits per heavy atom. The molecule has 3 heteroatoms. The predicted molar refractivity (Wildman–Crippen MR) is 64.8 cm³/mol. The average molecular weight is 285 g/mol. The maximum absolute atomic E-state index is 12.9. The van der Waals surface area contributed by atoms with Crippen molar-refractivity contribution in [1.82, 2.24) is 0 Å². The zero-order chi connectivity index (χ0) is 11.5. The molecule has 0 bridgehead atoms. The molecule has 0 N–H and O–H groups in total. The number of carbonyl (C=O) groups excluding carboxylic acids is 1. The standard InChI is InChI=1S/C13H14BrFO/c14-12-8-11(15)6-5-10(12)7-13(16)9-3-1-2-4-9/h5-6,8-9H,1-4,7H2. The first-order valence-corrected chi connectivity index (χ1v) is 6.43. The highest BCUT2D eigenvalue weighted by Crippen LogP contribution is 2.28. The minimum absolute atomic E-state index is 0.233. The third kappa shape index (κ3) is 2.70. The van der Waals surface area contributed by atoms with E-state index in [2.05, 4.69) is 15.9 Å². The van der Waals surface area contributed by atoms with E-state index in [1.54, 1.807) is 6.07 Å². The van der Waals surface area contributed by atoms with Crippen molar-refractivity contribution in [3.8, 4) is 0 Å². The van der Waals surface area contributed by atoms with Crippen LogP contribution in [0.15, 0.2) is 22.7 Å². The SMILES string of the molecule is O=C(Cc1ccc(F)cc1Br)C1CCCC1. The van der Waals surface area contributed by atoms with Crippen LogP contribution in [-0.4, -0.2) is 5.78 Å². The lowest BCUT2D eigenvalue weighted by Crippen LogP contribution is -2.13. The number of rotatable bonds is 3. The minimum Gasteiger partial charge on any atom is -0.299 e. The molecule has 0 amide bonds. The van der Waals surface area contributed by atoms with Gasteiger partial charge in [0.15, 0.2) is 0 Å². The third-order valence-corrected chi connectivity index (χ3v) is 3.93. The van der Waals surface area contributed by atoms with Gasteiger partial charge >= 0.3 is 0 Å². The van der Waals surface area contributed by atoms with Gasteiger partial charge in [0, 0.05) is 16.8 Å². The number of Topliss-reactive ketones (excluding diaryl/α,β-unsaturated/α-hetero) is 1. The molecule has 2 rings (SSSR count). The molecule has 1 saturated carbocycles. The van der Waals surface area contributed by atoms with Crippen LogP contribution in [0.1, 0.15) is 31.2 Å². The van der Waals surface area contributed by atoms with E-state index in [9.17, 15) is 9.18 Å². The van der Waals surface area contributed by atoms with Crippen molar-refractivity contribution < 1.29 is 9.18 Å². The first-order chi connectivity index (χ1) is 7.66.